The van der Waals surface area contributed by atoms with Crippen molar-refractivity contribution in [1.82, 2.24) is 0 Å². The summed E-state index contributed by atoms with van der Waals surface area (Å²) in [5.41, 5.74) is -1.53. The van der Waals surface area contributed by atoms with E-state index in [0.29, 0.717) is 6.42 Å². The Morgan fingerprint density at radius 1 is 1.21 bits per heavy atom. The smallest absolute Gasteiger partial charge is 0.327 e. The van der Waals surface area contributed by atoms with Gasteiger partial charge in [0.25, 0.3) is 0 Å². The molecule has 84 valence electrons. The zero-order chi connectivity index (χ0) is 12.0. The van der Waals surface area contributed by atoms with Gasteiger partial charge in [-0.2, -0.15) is 0 Å². The monoisotopic (exact) mass is 204 g/mol. The van der Waals surface area contributed by atoms with Crippen LogP contribution in [0.15, 0.2) is 12.7 Å². The van der Waals surface area contributed by atoms with E-state index in [4.69, 9.17) is 5.11 Å². The molecule has 0 aliphatic rings. The Morgan fingerprint density at radius 3 is 1.43 bits per heavy atom. The summed E-state index contributed by atoms with van der Waals surface area (Å²) in [7, 11) is 0. The molecule has 0 aromatic rings. The fourth-order valence-corrected chi connectivity index (χ4v) is 1.06. The second-order valence-corrected chi connectivity index (χ2v) is 4.34. The molecule has 0 radical (unpaired) electrons. The lowest BCUT2D eigenvalue weighted by molar-refractivity contribution is -0.131. The molecule has 0 aromatic carbocycles. The van der Waals surface area contributed by atoms with Gasteiger partial charge in [0.1, 0.15) is 0 Å². The summed E-state index contributed by atoms with van der Waals surface area (Å²) in [6.45, 7) is 9.70. The van der Waals surface area contributed by atoms with Crippen LogP contribution in [0.1, 0.15) is 34.1 Å². The standard InChI is InChI=1S/C7H16O2.C3H4O2/c1-6(2,8)5-7(3,4)9;1-2-3(4)5/h8-9H,5H2,1-4H3;2H,1H2,(H,4,5). The van der Waals surface area contributed by atoms with Gasteiger partial charge in [0.15, 0.2) is 0 Å². The summed E-state index contributed by atoms with van der Waals surface area (Å²) in [6.07, 6.45) is 1.24. The Morgan fingerprint density at radius 2 is 1.43 bits per heavy atom. The van der Waals surface area contributed by atoms with Crippen LogP contribution in [0.5, 0.6) is 0 Å². The molecule has 14 heavy (non-hydrogen) atoms. The molecule has 0 heterocycles. The van der Waals surface area contributed by atoms with E-state index in [1.807, 2.05) is 0 Å². The third-order valence-corrected chi connectivity index (χ3v) is 1.04. The predicted molar refractivity (Wildman–Crippen MR) is 55.0 cm³/mol. The molecule has 3 N–H and O–H groups in total. The van der Waals surface area contributed by atoms with Crippen molar-refractivity contribution in [2.75, 3.05) is 0 Å². The highest BCUT2D eigenvalue weighted by molar-refractivity contribution is 5.78. The zero-order valence-corrected chi connectivity index (χ0v) is 9.24. The molecule has 0 saturated carbocycles. The normalized spacial score (nSPS) is 11.3. The molecule has 0 bridgehead atoms. The van der Waals surface area contributed by atoms with Crippen molar-refractivity contribution in [3.8, 4) is 0 Å². The van der Waals surface area contributed by atoms with Gasteiger partial charge in [0.05, 0.1) is 11.2 Å². The minimum atomic E-state index is -0.981. The lowest BCUT2D eigenvalue weighted by Gasteiger charge is -2.26. The van der Waals surface area contributed by atoms with E-state index in [1.54, 1.807) is 27.7 Å². The van der Waals surface area contributed by atoms with Crippen LogP contribution in [0, 0.1) is 0 Å². The first-order valence-electron chi connectivity index (χ1n) is 4.28. The minimum absolute atomic E-state index is 0.403. The van der Waals surface area contributed by atoms with Crippen LogP contribution in [-0.4, -0.2) is 32.5 Å². The first-order valence-corrected chi connectivity index (χ1v) is 4.28. The van der Waals surface area contributed by atoms with E-state index in [9.17, 15) is 15.0 Å². The van der Waals surface area contributed by atoms with Crippen LogP contribution >= 0.6 is 0 Å². The van der Waals surface area contributed by atoms with Crippen LogP contribution in [0.3, 0.4) is 0 Å². The Bertz CT molecular complexity index is 171. The highest BCUT2D eigenvalue weighted by Gasteiger charge is 2.23. The fraction of sp³-hybridized carbons (Fsp3) is 0.700. The van der Waals surface area contributed by atoms with Crippen LogP contribution in [0.25, 0.3) is 0 Å². The Hall–Kier alpha value is -0.870. The van der Waals surface area contributed by atoms with Gasteiger partial charge in [-0.3, -0.25) is 0 Å². The lowest BCUT2D eigenvalue weighted by Crippen LogP contribution is -2.32. The molecule has 0 unspecified atom stereocenters. The van der Waals surface area contributed by atoms with E-state index in [1.165, 1.54) is 0 Å². The molecule has 0 atom stereocenters. The topological polar surface area (TPSA) is 77.8 Å². The molecule has 0 saturated heterocycles. The van der Waals surface area contributed by atoms with Crippen molar-refractivity contribution in [3.05, 3.63) is 12.7 Å². The minimum Gasteiger partial charge on any atom is -0.478 e. The van der Waals surface area contributed by atoms with Gasteiger partial charge in [-0.25, -0.2) is 4.79 Å². The molecule has 0 amide bonds. The third kappa shape index (κ3) is 22.5. The summed E-state index contributed by atoms with van der Waals surface area (Å²) in [6, 6.07) is 0. The maximum absolute atomic E-state index is 9.25. The van der Waals surface area contributed by atoms with Gasteiger partial charge >= 0.3 is 5.97 Å². The number of aliphatic hydroxyl groups is 2. The second kappa shape index (κ2) is 5.78. The highest BCUT2D eigenvalue weighted by atomic mass is 16.4. The summed E-state index contributed by atoms with van der Waals surface area (Å²) in [4.78, 5) is 9.25. The van der Waals surface area contributed by atoms with Gasteiger partial charge in [-0.05, 0) is 27.7 Å². The van der Waals surface area contributed by atoms with E-state index in [-0.39, 0.29) is 0 Å². The number of carboxylic acids is 1. The fourth-order valence-electron chi connectivity index (χ4n) is 1.06. The van der Waals surface area contributed by atoms with Crippen molar-refractivity contribution in [1.29, 1.82) is 0 Å². The van der Waals surface area contributed by atoms with Gasteiger partial charge in [0, 0.05) is 12.5 Å². The summed E-state index contributed by atoms with van der Waals surface area (Å²) in [5, 5.41) is 26.0. The summed E-state index contributed by atoms with van der Waals surface area (Å²) < 4.78 is 0. The van der Waals surface area contributed by atoms with Gasteiger partial charge in [-0.1, -0.05) is 6.58 Å². The van der Waals surface area contributed by atoms with Crippen molar-refractivity contribution in [2.45, 2.75) is 45.3 Å². The number of hydrogen-bond acceptors (Lipinski definition) is 3. The first kappa shape index (κ1) is 15.6. The zero-order valence-electron chi connectivity index (χ0n) is 9.24. The summed E-state index contributed by atoms with van der Waals surface area (Å²) in [5.74, 6) is -0.981. The van der Waals surface area contributed by atoms with E-state index in [0.717, 1.165) is 6.08 Å². The summed E-state index contributed by atoms with van der Waals surface area (Å²) >= 11 is 0. The SMILES string of the molecule is C=CC(=O)O.CC(C)(O)CC(C)(C)O. The molecule has 0 aliphatic heterocycles. The van der Waals surface area contributed by atoms with Crippen LogP contribution in [-0.2, 0) is 4.79 Å². The number of hydrogen-bond donors (Lipinski definition) is 3. The average Bonchev–Trinajstić information content (AvgIpc) is 1.80. The highest BCUT2D eigenvalue weighted by Crippen LogP contribution is 2.18. The van der Waals surface area contributed by atoms with Crippen molar-refractivity contribution >= 4 is 5.97 Å². The van der Waals surface area contributed by atoms with Crippen molar-refractivity contribution in [3.63, 3.8) is 0 Å². The predicted octanol–water partition coefficient (Wildman–Crippen LogP) is 1.18. The lowest BCUT2D eigenvalue weighted by atomic mass is 9.93. The van der Waals surface area contributed by atoms with Crippen molar-refractivity contribution in [2.24, 2.45) is 0 Å². The van der Waals surface area contributed by atoms with E-state index in [2.05, 4.69) is 6.58 Å². The maximum atomic E-state index is 9.25. The second-order valence-electron chi connectivity index (χ2n) is 4.34. The van der Waals surface area contributed by atoms with Crippen LogP contribution in [0.2, 0.25) is 0 Å². The maximum Gasteiger partial charge on any atom is 0.327 e. The molecule has 4 nitrogen and oxygen atoms in total. The van der Waals surface area contributed by atoms with Gasteiger partial charge < -0.3 is 15.3 Å². The molecule has 4 heteroatoms. The van der Waals surface area contributed by atoms with Crippen LogP contribution in [0.4, 0.5) is 0 Å². The number of carboxylic acid groups (broad SMARTS) is 1. The Labute approximate surface area is 84.9 Å². The number of rotatable bonds is 3. The van der Waals surface area contributed by atoms with E-state index < -0.39 is 17.2 Å². The largest absolute Gasteiger partial charge is 0.478 e. The van der Waals surface area contributed by atoms with Crippen LogP contribution < -0.4 is 0 Å². The molecule has 0 aliphatic carbocycles. The van der Waals surface area contributed by atoms with Crippen molar-refractivity contribution < 1.29 is 20.1 Å². The molecule has 0 fully saturated rings. The molecule has 0 spiro atoms. The quantitative estimate of drug-likeness (QED) is 0.603. The first-order chi connectivity index (χ1) is 5.98. The van der Waals surface area contributed by atoms with Gasteiger partial charge in [0.2, 0.25) is 0 Å². The number of aliphatic carboxylic acids is 1. The van der Waals surface area contributed by atoms with E-state index >= 15 is 0 Å². The number of carbonyl (C=O) groups is 1. The van der Waals surface area contributed by atoms with Gasteiger partial charge in [-0.15, -0.1) is 0 Å². The Balaban J connectivity index is 0. The molecular weight excluding hydrogens is 184 g/mol. The Kier molecular flexibility index (Phi) is 6.43. The molecule has 0 aromatic heterocycles. The molecule has 0 rings (SSSR count). The third-order valence-electron chi connectivity index (χ3n) is 1.04. The molecular formula is C10H20O4. The average molecular weight is 204 g/mol.